The third-order valence-electron chi connectivity index (χ3n) is 6.09. The lowest BCUT2D eigenvalue weighted by Gasteiger charge is -2.36. The van der Waals surface area contributed by atoms with E-state index in [0.717, 1.165) is 50.7 Å². The minimum atomic E-state index is -0.526. The van der Waals surface area contributed by atoms with E-state index in [2.05, 4.69) is 29.7 Å². The predicted molar refractivity (Wildman–Crippen MR) is 124 cm³/mol. The molecule has 2 fully saturated rings. The minimum Gasteiger partial charge on any atom is -0.484 e. The molecule has 2 aliphatic rings. The van der Waals surface area contributed by atoms with Crippen LogP contribution in [0.1, 0.15) is 31.0 Å². The van der Waals surface area contributed by atoms with Crippen LogP contribution in [0.4, 0.5) is 21.7 Å². The lowest BCUT2D eigenvalue weighted by atomic mass is 10.0. The van der Waals surface area contributed by atoms with Crippen molar-refractivity contribution in [2.75, 3.05) is 41.7 Å². The average Bonchev–Trinajstić information content (AvgIpc) is 3.58. The molecule has 170 valence electrons. The summed E-state index contributed by atoms with van der Waals surface area (Å²) < 4.78 is 20.2. The van der Waals surface area contributed by atoms with Gasteiger partial charge in [-0.3, -0.25) is 5.41 Å². The summed E-state index contributed by atoms with van der Waals surface area (Å²) in [6.07, 6.45) is 6.48. The maximum atomic E-state index is 14.4. The number of nitrogens with one attached hydrogen (secondary N) is 1. The van der Waals surface area contributed by atoms with Gasteiger partial charge in [0.25, 0.3) is 0 Å². The van der Waals surface area contributed by atoms with E-state index >= 15 is 0 Å². The van der Waals surface area contributed by atoms with E-state index in [0.29, 0.717) is 11.3 Å². The highest BCUT2D eigenvalue weighted by molar-refractivity contribution is 6.13. The molecule has 1 saturated heterocycles. The molecule has 1 saturated carbocycles. The lowest BCUT2D eigenvalue weighted by molar-refractivity contribution is 0.191. The second kappa shape index (κ2) is 8.27. The van der Waals surface area contributed by atoms with Crippen LogP contribution in [0.15, 0.2) is 43.1 Å². The molecule has 0 spiro atoms. The number of nitrogen functional groups attached to an aromatic ring is 1. The van der Waals surface area contributed by atoms with E-state index in [1.807, 2.05) is 13.0 Å². The second-order valence-electron chi connectivity index (χ2n) is 8.60. The summed E-state index contributed by atoms with van der Waals surface area (Å²) in [7, 11) is 0. The van der Waals surface area contributed by atoms with Crippen molar-refractivity contribution in [3.63, 3.8) is 0 Å². The number of anilines is 3. The maximum Gasteiger partial charge on any atom is 0.167 e. The molecule has 1 aliphatic heterocycles. The first-order valence-electron chi connectivity index (χ1n) is 10.9. The van der Waals surface area contributed by atoms with Crippen LogP contribution >= 0.6 is 0 Å². The largest absolute Gasteiger partial charge is 0.484 e. The molecule has 0 unspecified atom stereocenters. The molecule has 9 nitrogen and oxygen atoms in total. The Bertz CT molecular complexity index is 1180. The molecule has 2 aromatic heterocycles. The standard InChI is InChI=1S/C23H25FN8O/c1-23(3-4-23)33-19-10-15(17(25)11-16(19)24)22(26)18-12-21(30-14-28-18)32-8-6-31(7-9-32)20-2-5-27-13-29-20/h2,5,10-14,26H,3-4,6-9,25H2,1H3. The van der Waals surface area contributed by atoms with Gasteiger partial charge in [-0.2, -0.15) is 0 Å². The fraction of sp³-hybridized carbons (Fsp3) is 0.348. The molecule has 1 aromatic carbocycles. The Morgan fingerprint density at radius 1 is 1.03 bits per heavy atom. The molecule has 5 rings (SSSR count). The third-order valence-corrected chi connectivity index (χ3v) is 6.09. The number of hydrogen-bond donors (Lipinski definition) is 2. The number of benzene rings is 1. The van der Waals surface area contributed by atoms with Gasteiger partial charge in [-0.15, -0.1) is 0 Å². The van der Waals surface area contributed by atoms with Crippen molar-refractivity contribution in [1.29, 1.82) is 5.41 Å². The first-order valence-corrected chi connectivity index (χ1v) is 10.9. The zero-order chi connectivity index (χ0) is 23.0. The quantitative estimate of drug-likeness (QED) is 0.437. The Labute approximate surface area is 191 Å². The van der Waals surface area contributed by atoms with Gasteiger partial charge in [-0.05, 0) is 31.9 Å². The Kier molecular flexibility index (Phi) is 5.27. The fourth-order valence-corrected chi connectivity index (χ4v) is 3.84. The predicted octanol–water partition coefficient (Wildman–Crippen LogP) is 2.66. The van der Waals surface area contributed by atoms with Gasteiger partial charge in [0.2, 0.25) is 0 Å². The van der Waals surface area contributed by atoms with Crippen LogP contribution in [-0.2, 0) is 0 Å². The van der Waals surface area contributed by atoms with Crippen LogP contribution < -0.4 is 20.3 Å². The number of aromatic nitrogens is 4. The molecular weight excluding hydrogens is 423 g/mol. The molecule has 1 aliphatic carbocycles. The maximum absolute atomic E-state index is 14.4. The highest BCUT2D eigenvalue weighted by Gasteiger charge is 2.40. The second-order valence-corrected chi connectivity index (χ2v) is 8.60. The number of halogens is 1. The first-order chi connectivity index (χ1) is 15.9. The first kappa shape index (κ1) is 21.0. The number of piperazine rings is 1. The molecule has 0 radical (unpaired) electrons. The van der Waals surface area contributed by atoms with Gasteiger partial charge in [-0.25, -0.2) is 24.3 Å². The normalized spacial score (nSPS) is 17.0. The van der Waals surface area contributed by atoms with Crippen LogP contribution in [0.5, 0.6) is 5.75 Å². The molecule has 0 atom stereocenters. The summed E-state index contributed by atoms with van der Waals surface area (Å²) in [6.45, 7) is 5.03. The summed E-state index contributed by atoms with van der Waals surface area (Å²) >= 11 is 0. The fourth-order valence-electron chi connectivity index (χ4n) is 3.84. The number of ether oxygens (including phenoxy) is 1. The molecule has 3 N–H and O–H groups in total. The number of nitrogens with two attached hydrogens (primary N) is 1. The van der Waals surface area contributed by atoms with E-state index < -0.39 is 5.82 Å². The minimum absolute atomic E-state index is 0.0987. The van der Waals surface area contributed by atoms with Crippen molar-refractivity contribution < 1.29 is 9.13 Å². The van der Waals surface area contributed by atoms with E-state index in [1.54, 1.807) is 18.6 Å². The van der Waals surface area contributed by atoms with E-state index in [9.17, 15) is 4.39 Å². The van der Waals surface area contributed by atoms with Gasteiger partial charge >= 0.3 is 0 Å². The van der Waals surface area contributed by atoms with E-state index in [-0.39, 0.29) is 22.7 Å². The zero-order valence-corrected chi connectivity index (χ0v) is 18.3. The Hall–Kier alpha value is -3.82. The topological polar surface area (TPSA) is 117 Å². The van der Waals surface area contributed by atoms with Gasteiger partial charge in [0.15, 0.2) is 11.6 Å². The van der Waals surface area contributed by atoms with Crippen LogP contribution in [0, 0.1) is 11.2 Å². The number of nitrogens with zero attached hydrogens (tertiary/aromatic N) is 6. The summed E-state index contributed by atoms with van der Waals surface area (Å²) in [5.41, 5.74) is 6.78. The Morgan fingerprint density at radius 3 is 2.39 bits per heavy atom. The van der Waals surface area contributed by atoms with Gasteiger partial charge < -0.3 is 20.3 Å². The average molecular weight is 449 g/mol. The van der Waals surface area contributed by atoms with Crippen LogP contribution in [0.25, 0.3) is 0 Å². The molecule has 33 heavy (non-hydrogen) atoms. The van der Waals surface area contributed by atoms with Crippen LogP contribution in [-0.4, -0.2) is 57.4 Å². The van der Waals surface area contributed by atoms with E-state index in [4.69, 9.17) is 15.9 Å². The molecule has 0 amide bonds. The summed E-state index contributed by atoms with van der Waals surface area (Å²) in [5.74, 6) is 1.22. The Balaban J connectivity index is 1.33. The zero-order valence-electron chi connectivity index (χ0n) is 18.3. The smallest absolute Gasteiger partial charge is 0.167 e. The van der Waals surface area contributed by atoms with Crippen molar-refractivity contribution in [3.05, 3.63) is 60.2 Å². The SMILES string of the molecule is CC1(Oc2cc(C(=N)c3cc(N4CCN(c5ccncn5)CC4)ncn3)c(N)cc2F)CC1. The molecule has 3 aromatic rings. The van der Waals surface area contributed by atoms with E-state index in [1.165, 1.54) is 18.5 Å². The van der Waals surface area contributed by atoms with Crippen molar-refractivity contribution in [1.82, 2.24) is 19.9 Å². The van der Waals surface area contributed by atoms with Crippen molar-refractivity contribution >= 4 is 23.0 Å². The van der Waals surface area contributed by atoms with Gasteiger partial charge in [-0.1, -0.05) is 0 Å². The van der Waals surface area contributed by atoms with Crippen molar-refractivity contribution in [3.8, 4) is 5.75 Å². The highest BCUT2D eigenvalue weighted by atomic mass is 19.1. The number of hydrogen-bond acceptors (Lipinski definition) is 9. The highest BCUT2D eigenvalue weighted by Crippen LogP contribution is 2.41. The van der Waals surface area contributed by atoms with Crippen molar-refractivity contribution in [2.45, 2.75) is 25.4 Å². The molecule has 10 heteroatoms. The summed E-state index contributed by atoms with van der Waals surface area (Å²) in [4.78, 5) is 21.3. The van der Waals surface area contributed by atoms with Crippen LogP contribution in [0.3, 0.4) is 0 Å². The lowest BCUT2D eigenvalue weighted by Crippen LogP contribution is -2.47. The molecule has 3 heterocycles. The third kappa shape index (κ3) is 4.41. The van der Waals surface area contributed by atoms with Gasteiger partial charge in [0.1, 0.15) is 29.9 Å². The van der Waals surface area contributed by atoms with Gasteiger partial charge in [0.05, 0.1) is 11.4 Å². The van der Waals surface area contributed by atoms with Crippen molar-refractivity contribution in [2.24, 2.45) is 0 Å². The van der Waals surface area contributed by atoms with Crippen LogP contribution in [0.2, 0.25) is 0 Å². The number of rotatable bonds is 6. The monoisotopic (exact) mass is 448 g/mol. The summed E-state index contributed by atoms with van der Waals surface area (Å²) in [6, 6.07) is 6.38. The summed E-state index contributed by atoms with van der Waals surface area (Å²) in [5, 5.41) is 8.69. The Morgan fingerprint density at radius 2 is 1.73 bits per heavy atom. The van der Waals surface area contributed by atoms with Gasteiger partial charge in [0, 0.05) is 55.8 Å². The molecule has 0 bridgehead atoms. The molecular formula is C23H25FN8O.